The number of hydrogen-bond donors (Lipinski definition) is 0. The third-order valence-corrected chi connectivity index (χ3v) is 13.9. The Morgan fingerprint density at radius 1 is 0.319 bits per heavy atom. The number of hydrogen-bond acceptors (Lipinski definition) is 5. The van der Waals surface area contributed by atoms with Crippen molar-refractivity contribution in [1.29, 1.82) is 0 Å². The van der Waals surface area contributed by atoms with Crippen LogP contribution in [0.25, 0.3) is 95.6 Å². The first-order valence-corrected chi connectivity index (χ1v) is 25.3. The maximum Gasteiger partial charge on any atom is 0.166 e. The molecule has 0 aliphatic carbocycles. The van der Waals surface area contributed by atoms with Crippen LogP contribution in [0.3, 0.4) is 0 Å². The summed E-state index contributed by atoms with van der Waals surface area (Å²) in [5, 5.41) is 2.36. The standard InChI is InChI=1S/C66H66N6/c1-41-28-30-57-52(32-41)51-26-20-21-27-56(51)72(57)58-31-29-44(59-67-54(42-22-16-14-17-23-42)40-55(68-59)43-24-18-15-19-25-43)37-53(58)62-70-60(45-33-47(63(2,3)4)38-48(34-45)64(5,6)7)69-61(71-62)46-35-49(65(8,9)10)39-50(36-46)66(11,12)13/h14-40H,1-13H3. The molecule has 0 radical (unpaired) electrons. The summed E-state index contributed by atoms with van der Waals surface area (Å²) in [5.74, 6) is 2.40. The second-order valence-corrected chi connectivity index (χ2v) is 23.7. The van der Waals surface area contributed by atoms with E-state index in [9.17, 15) is 0 Å². The van der Waals surface area contributed by atoms with Gasteiger partial charge in [-0.1, -0.05) is 186 Å². The van der Waals surface area contributed by atoms with Gasteiger partial charge in [-0.3, -0.25) is 0 Å². The Bertz CT molecular complexity index is 3450. The molecule has 6 heteroatoms. The normalized spacial score (nSPS) is 12.5. The van der Waals surface area contributed by atoms with E-state index in [1.54, 1.807) is 0 Å². The van der Waals surface area contributed by atoms with Crippen LogP contribution in [-0.4, -0.2) is 29.5 Å². The molecule has 72 heavy (non-hydrogen) atoms. The summed E-state index contributed by atoms with van der Waals surface area (Å²) in [6.45, 7) is 29.5. The molecule has 0 spiro atoms. The molecular formula is C66H66N6. The molecule has 6 nitrogen and oxygen atoms in total. The predicted molar refractivity (Wildman–Crippen MR) is 302 cm³/mol. The van der Waals surface area contributed by atoms with E-state index < -0.39 is 0 Å². The van der Waals surface area contributed by atoms with Crippen molar-refractivity contribution >= 4 is 21.8 Å². The van der Waals surface area contributed by atoms with E-state index in [0.29, 0.717) is 23.3 Å². The zero-order valence-electron chi connectivity index (χ0n) is 44.3. The first-order valence-electron chi connectivity index (χ1n) is 25.3. The number of benzene rings is 7. The second kappa shape index (κ2) is 17.9. The van der Waals surface area contributed by atoms with Crippen LogP contribution >= 0.6 is 0 Å². The van der Waals surface area contributed by atoms with Crippen molar-refractivity contribution in [3.8, 4) is 73.8 Å². The Morgan fingerprint density at radius 3 is 1.24 bits per heavy atom. The van der Waals surface area contributed by atoms with Crippen molar-refractivity contribution in [2.75, 3.05) is 0 Å². The van der Waals surface area contributed by atoms with Gasteiger partial charge in [0.25, 0.3) is 0 Å². The predicted octanol–water partition coefficient (Wildman–Crippen LogP) is 17.3. The van der Waals surface area contributed by atoms with Crippen molar-refractivity contribution in [2.24, 2.45) is 0 Å². The van der Waals surface area contributed by atoms with Crippen LogP contribution in [0.15, 0.2) is 164 Å². The fourth-order valence-electron chi connectivity index (χ4n) is 9.49. The molecule has 3 heterocycles. The van der Waals surface area contributed by atoms with Crippen LogP contribution in [0.5, 0.6) is 0 Å². The van der Waals surface area contributed by atoms with Crippen molar-refractivity contribution < 1.29 is 0 Å². The lowest BCUT2D eigenvalue weighted by Gasteiger charge is -2.26. The van der Waals surface area contributed by atoms with Crippen LogP contribution in [0.1, 0.15) is 111 Å². The average molecular weight is 943 g/mol. The highest BCUT2D eigenvalue weighted by Gasteiger charge is 2.27. The van der Waals surface area contributed by atoms with E-state index in [0.717, 1.165) is 61.5 Å². The van der Waals surface area contributed by atoms with E-state index in [4.69, 9.17) is 24.9 Å². The zero-order chi connectivity index (χ0) is 50.9. The molecule has 10 aromatic rings. The fraction of sp³-hybridized carbons (Fsp3) is 0.258. The molecule has 0 aliphatic heterocycles. The summed E-state index contributed by atoms with van der Waals surface area (Å²) >= 11 is 0. The molecule has 0 saturated carbocycles. The maximum absolute atomic E-state index is 5.62. The molecule has 0 amide bonds. The van der Waals surface area contributed by atoms with E-state index in [-0.39, 0.29) is 21.7 Å². The number of aryl methyl sites for hydroxylation is 1. The van der Waals surface area contributed by atoms with Crippen LogP contribution in [0.2, 0.25) is 0 Å². The van der Waals surface area contributed by atoms with Crippen molar-refractivity contribution in [1.82, 2.24) is 29.5 Å². The molecule has 0 unspecified atom stereocenters. The minimum Gasteiger partial charge on any atom is -0.309 e. The van der Waals surface area contributed by atoms with Gasteiger partial charge in [-0.25, -0.2) is 24.9 Å². The first-order chi connectivity index (χ1) is 34.1. The molecule has 0 atom stereocenters. The Hall–Kier alpha value is -7.57. The van der Waals surface area contributed by atoms with Gasteiger partial charge in [-0.2, -0.15) is 0 Å². The van der Waals surface area contributed by atoms with Gasteiger partial charge in [-0.15, -0.1) is 0 Å². The van der Waals surface area contributed by atoms with Crippen molar-refractivity contribution in [3.63, 3.8) is 0 Å². The van der Waals surface area contributed by atoms with Gasteiger partial charge in [0, 0.05) is 44.2 Å². The summed E-state index contributed by atoms with van der Waals surface area (Å²) in [4.78, 5) is 27.4. The Labute approximate surface area is 426 Å². The molecule has 0 N–H and O–H groups in total. The van der Waals surface area contributed by atoms with Crippen LogP contribution in [0, 0.1) is 6.92 Å². The molecule has 7 aromatic carbocycles. The average Bonchev–Trinajstić information content (AvgIpc) is 3.68. The Balaban J connectivity index is 1.33. The molecule has 3 aromatic heterocycles. The second-order valence-electron chi connectivity index (χ2n) is 23.7. The molecule has 0 saturated heterocycles. The quantitative estimate of drug-likeness (QED) is 0.159. The van der Waals surface area contributed by atoms with Crippen molar-refractivity contribution in [2.45, 2.75) is 112 Å². The van der Waals surface area contributed by atoms with E-state index in [2.05, 4.69) is 246 Å². The summed E-state index contributed by atoms with van der Waals surface area (Å²) in [6, 6.07) is 58.6. The van der Waals surface area contributed by atoms with Crippen LogP contribution in [-0.2, 0) is 21.7 Å². The number of rotatable bonds is 7. The van der Waals surface area contributed by atoms with Crippen LogP contribution in [0.4, 0.5) is 0 Å². The minimum atomic E-state index is -0.124. The molecule has 0 aliphatic rings. The number of aromatic nitrogens is 6. The summed E-state index contributed by atoms with van der Waals surface area (Å²) in [5.41, 5.74) is 16.1. The lowest BCUT2D eigenvalue weighted by Crippen LogP contribution is -2.17. The maximum atomic E-state index is 5.62. The van der Waals surface area contributed by atoms with Gasteiger partial charge in [0.15, 0.2) is 23.3 Å². The highest BCUT2D eigenvalue weighted by atomic mass is 15.1. The van der Waals surface area contributed by atoms with Crippen LogP contribution < -0.4 is 0 Å². The van der Waals surface area contributed by atoms with Crippen molar-refractivity contribution in [3.05, 3.63) is 192 Å². The largest absolute Gasteiger partial charge is 0.309 e. The van der Waals surface area contributed by atoms with Gasteiger partial charge in [-0.05, 0) is 118 Å². The van der Waals surface area contributed by atoms with E-state index in [1.807, 2.05) is 12.1 Å². The monoisotopic (exact) mass is 943 g/mol. The summed E-state index contributed by atoms with van der Waals surface area (Å²) in [6.07, 6.45) is 0. The highest BCUT2D eigenvalue weighted by molar-refractivity contribution is 6.10. The molecule has 360 valence electrons. The Morgan fingerprint density at radius 2 is 0.750 bits per heavy atom. The number of fused-ring (bicyclic) bond motifs is 3. The topological polar surface area (TPSA) is 69.4 Å². The smallest absolute Gasteiger partial charge is 0.166 e. The third-order valence-electron chi connectivity index (χ3n) is 13.9. The van der Waals surface area contributed by atoms with Gasteiger partial charge in [0.05, 0.1) is 28.1 Å². The zero-order valence-corrected chi connectivity index (χ0v) is 44.3. The third kappa shape index (κ3) is 9.51. The fourth-order valence-corrected chi connectivity index (χ4v) is 9.49. The van der Waals surface area contributed by atoms with Gasteiger partial charge in [0.2, 0.25) is 0 Å². The number of para-hydroxylation sites is 1. The van der Waals surface area contributed by atoms with Gasteiger partial charge in [0.1, 0.15) is 0 Å². The van der Waals surface area contributed by atoms with E-state index in [1.165, 1.54) is 38.6 Å². The lowest BCUT2D eigenvalue weighted by molar-refractivity contribution is 0.568. The number of nitrogens with zero attached hydrogens (tertiary/aromatic N) is 6. The first kappa shape index (κ1) is 48.1. The molecule has 0 fully saturated rings. The molecule has 10 rings (SSSR count). The molecular weight excluding hydrogens is 877 g/mol. The summed E-state index contributed by atoms with van der Waals surface area (Å²) in [7, 11) is 0. The summed E-state index contributed by atoms with van der Waals surface area (Å²) < 4.78 is 2.37. The SMILES string of the molecule is Cc1ccc2c(c1)c1ccccc1n2-c1ccc(-c2nc(-c3ccccc3)cc(-c3ccccc3)n2)cc1-c1nc(-c2cc(C(C)(C)C)cc(C(C)(C)C)c2)nc(-c2cc(C(C)(C)C)cc(C(C)(C)C)c2)n1. The highest BCUT2D eigenvalue weighted by Crippen LogP contribution is 2.41. The lowest BCUT2D eigenvalue weighted by atomic mass is 9.79. The molecule has 0 bridgehead atoms. The minimum absolute atomic E-state index is 0.124. The van der Waals surface area contributed by atoms with E-state index >= 15 is 0 Å². The van der Waals surface area contributed by atoms with Gasteiger partial charge >= 0.3 is 0 Å². The van der Waals surface area contributed by atoms with Gasteiger partial charge < -0.3 is 4.57 Å². The Kier molecular flexibility index (Phi) is 12.0.